The molecular weight excluding hydrogens is 360 g/mol. The minimum Gasteiger partial charge on any atom is -0.306 e. The summed E-state index contributed by atoms with van der Waals surface area (Å²) in [4.78, 5) is 11.7. The summed E-state index contributed by atoms with van der Waals surface area (Å²) in [6, 6.07) is 13.5. The second-order valence-corrected chi connectivity index (χ2v) is 6.81. The highest BCUT2D eigenvalue weighted by atomic mass is 32.2. The number of benzene rings is 2. The van der Waals surface area contributed by atoms with E-state index in [0.29, 0.717) is 17.5 Å². The van der Waals surface area contributed by atoms with Crippen LogP contribution in [0.3, 0.4) is 0 Å². The second-order valence-electron chi connectivity index (χ2n) is 4.23. The monoisotopic (exact) mass is 374 g/mol. The SMILES string of the molecule is O=Cc1ccc(S(=O)(=O)O)cc1.O=S(=O)(O)NNc1ccccc1. The molecule has 0 fully saturated rings. The van der Waals surface area contributed by atoms with Crippen molar-refractivity contribution in [2.45, 2.75) is 4.90 Å². The molecule has 0 bridgehead atoms. The number of hydrogen-bond acceptors (Lipinski definition) is 6. The zero-order valence-corrected chi connectivity index (χ0v) is 13.7. The van der Waals surface area contributed by atoms with Crippen LogP contribution in [0.15, 0.2) is 59.5 Å². The molecule has 0 saturated carbocycles. The fourth-order valence-electron chi connectivity index (χ4n) is 1.36. The van der Waals surface area contributed by atoms with Gasteiger partial charge in [0.05, 0.1) is 4.90 Å². The standard InChI is InChI=1S/C7H6O4S.C6H8N2O3S/c8-5-6-1-3-7(4-2-6)12(9,10)11;9-12(10,11)8-7-6-4-2-1-3-5-6/h1-5H,(H,9,10,11);1-5,7-8H,(H,9,10,11). The molecule has 130 valence electrons. The number of hydrazine groups is 1. The normalized spacial score (nSPS) is 11.1. The zero-order valence-electron chi connectivity index (χ0n) is 12.0. The van der Waals surface area contributed by atoms with Crippen LogP contribution >= 0.6 is 0 Å². The molecule has 0 aliphatic carbocycles. The van der Waals surface area contributed by atoms with Crippen LogP contribution in [0.4, 0.5) is 5.69 Å². The maximum absolute atomic E-state index is 10.5. The van der Waals surface area contributed by atoms with E-state index >= 15 is 0 Å². The Kier molecular flexibility index (Phi) is 7.00. The molecule has 0 amide bonds. The van der Waals surface area contributed by atoms with Gasteiger partial charge in [0.15, 0.2) is 0 Å². The summed E-state index contributed by atoms with van der Waals surface area (Å²) >= 11 is 0. The van der Waals surface area contributed by atoms with Crippen molar-refractivity contribution in [1.29, 1.82) is 0 Å². The van der Waals surface area contributed by atoms with Crippen LogP contribution in [0.25, 0.3) is 0 Å². The Morgan fingerprint density at radius 2 is 1.38 bits per heavy atom. The van der Waals surface area contributed by atoms with Crippen LogP contribution in [0.1, 0.15) is 10.4 Å². The van der Waals surface area contributed by atoms with Crippen molar-refractivity contribution in [3.63, 3.8) is 0 Å². The van der Waals surface area contributed by atoms with Crippen LogP contribution in [0.2, 0.25) is 0 Å². The van der Waals surface area contributed by atoms with Gasteiger partial charge in [0, 0.05) is 11.3 Å². The Bertz CT molecular complexity index is 864. The molecule has 9 nitrogen and oxygen atoms in total. The van der Waals surface area contributed by atoms with Crippen LogP contribution in [0, 0.1) is 0 Å². The lowest BCUT2D eigenvalue weighted by Gasteiger charge is -2.03. The van der Waals surface area contributed by atoms with Crippen LogP contribution in [-0.2, 0) is 20.4 Å². The third-order valence-electron chi connectivity index (χ3n) is 2.41. The van der Waals surface area contributed by atoms with Gasteiger partial charge in [-0.25, -0.2) is 0 Å². The number of aldehydes is 1. The van der Waals surface area contributed by atoms with Crippen LogP contribution < -0.4 is 10.3 Å². The molecule has 0 atom stereocenters. The first-order chi connectivity index (χ1) is 11.1. The number of hydrogen-bond donors (Lipinski definition) is 4. The van der Waals surface area contributed by atoms with Gasteiger partial charge >= 0.3 is 10.3 Å². The Balaban J connectivity index is 0.000000240. The van der Waals surface area contributed by atoms with E-state index in [1.54, 1.807) is 35.2 Å². The molecule has 0 heterocycles. The minimum absolute atomic E-state index is 0.215. The van der Waals surface area contributed by atoms with Crippen LogP contribution in [0.5, 0.6) is 0 Å². The average Bonchev–Trinajstić information content (AvgIpc) is 2.53. The predicted octanol–water partition coefficient (Wildman–Crippen LogP) is 1.15. The number of rotatable bonds is 5. The molecule has 0 aliphatic heterocycles. The Labute approximate surface area is 138 Å². The summed E-state index contributed by atoms with van der Waals surface area (Å²) in [5.41, 5.74) is 3.21. The maximum atomic E-state index is 10.5. The molecule has 4 N–H and O–H groups in total. The van der Waals surface area contributed by atoms with Crippen molar-refractivity contribution in [2.24, 2.45) is 0 Å². The average molecular weight is 374 g/mol. The Hall–Kier alpha value is -2.31. The quantitative estimate of drug-likeness (QED) is 0.346. The predicted molar refractivity (Wildman–Crippen MR) is 86.4 cm³/mol. The number of carbonyl (C=O) groups excluding carboxylic acids is 1. The molecule has 24 heavy (non-hydrogen) atoms. The van der Waals surface area contributed by atoms with Gasteiger partial charge < -0.3 is 5.43 Å². The summed E-state index contributed by atoms with van der Waals surface area (Å²) in [5.74, 6) is 0. The molecule has 2 aromatic carbocycles. The van der Waals surface area contributed by atoms with Crippen molar-refractivity contribution in [3.8, 4) is 0 Å². The van der Waals surface area contributed by atoms with E-state index in [9.17, 15) is 21.6 Å². The third kappa shape index (κ3) is 7.80. The van der Waals surface area contributed by atoms with E-state index in [1.165, 1.54) is 24.3 Å². The number of anilines is 1. The van der Waals surface area contributed by atoms with Gasteiger partial charge in [0.25, 0.3) is 10.1 Å². The van der Waals surface area contributed by atoms with Crippen molar-refractivity contribution in [2.75, 3.05) is 5.43 Å². The van der Waals surface area contributed by atoms with Crippen molar-refractivity contribution in [3.05, 3.63) is 60.2 Å². The lowest BCUT2D eigenvalue weighted by Crippen LogP contribution is -2.28. The van der Waals surface area contributed by atoms with Gasteiger partial charge in [-0.2, -0.15) is 16.8 Å². The maximum Gasteiger partial charge on any atom is 0.350 e. The Morgan fingerprint density at radius 3 is 1.79 bits per heavy atom. The van der Waals surface area contributed by atoms with E-state index in [2.05, 4.69) is 5.43 Å². The topological polar surface area (TPSA) is 150 Å². The minimum atomic E-state index is -4.18. The van der Waals surface area contributed by atoms with Gasteiger partial charge in [0.2, 0.25) is 0 Å². The molecule has 2 rings (SSSR count). The summed E-state index contributed by atoms with van der Waals surface area (Å²) < 4.78 is 58.2. The van der Waals surface area contributed by atoms with E-state index < -0.39 is 20.4 Å². The van der Waals surface area contributed by atoms with E-state index in [1.807, 2.05) is 0 Å². The number of carbonyl (C=O) groups is 1. The molecule has 0 aromatic heterocycles. The second kappa shape index (κ2) is 8.52. The summed E-state index contributed by atoms with van der Waals surface area (Å²) in [5, 5.41) is 0. The van der Waals surface area contributed by atoms with Gasteiger partial charge in [-0.3, -0.25) is 13.9 Å². The van der Waals surface area contributed by atoms with E-state index in [-0.39, 0.29) is 4.90 Å². The molecule has 2 aromatic rings. The fourth-order valence-corrected chi connectivity index (χ4v) is 2.09. The van der Waals surface area contributed by atoms with Gasteiger partial charge in [-0.15, -0.1) is 4.83 Å². The van der Waals surface area contributed by atoms with Gasteiger partial charge in [-0.05, 0) is 24.3 Å². The first-order valence-corrected chi connectivity index (χ1v) is 9.08. The Morgan fingerprint density at radius 1 is 0.833 bits per heavy atom. The fraction of sp³-hybridized carbons (Fsp3) is 0. The summed E-state index contributed by atoms with van der Waals surface area (Å²) in [7, 11) is -8.33. The lowest BCUT2D eigenvalue weighted by atomic mass is 10.2. The molecule has 0 radical (unpaired) electrons. The van der Waals surface area contributed by atoms with E-state index in [0.717, 1.165) is 0 Å². The van der Waals surface area contributed by atoms with Gasteiger partial charge in [0.1, 0.15) is 6.29 Å². The van der Waals surface area contributed by atoms with Crippen LogP contribution in [-0.4, -0.2) is 32.2 Å². The lowest BCUT2D eigenvalue weighted by molar-refractivity contribution is 0.112. The third-order valence-corrected chi connectivity index (χ3v) is 3.64. The molecule has 0 saturated heterocycles. The van der Waals surface area contributed by atoms with E-state index in [4.69, 9.17) is 9.11 Å². The highest BCUT2D eigenvalue weighted by Gasteiger charge is 2.07. The molecule has 0 spiro atoms. The highest BCUT2D eigenvalue weighted by molar-refractivity contribution is 7.85. The zero-order chi connectivity index (χ0) is 18.2. The molecular formula is C13H14N2O7S2. The molecule has 0 aliphatic rings. The first kappa shape index (κ1) is 19.7. The van der Waals surface area contributed by atoms with Crippen molar-refractivity contribution >= 4 is 32.4 Å². The summed E-state index contributed by atoms with van der Waals surface area (Å²) in [6.45, 7) is 0. The van der Waals surface area contributed by atoms with Gasteiger partial charge in [-0.1, -0.05) is 30.3 Å². The number of para-hydroxylation sites is 1. The smallest absolute Gasteiger partial charge is 0.306 e. The number of nitrogens with one attached hydrogen (secondary N) is 2. The summed E-state index contributed by atoms with van der Waals surface area (Å²) in [6.07, 6.45) is 0.591. The molecule has 0 unspecified atom stereocenters. The largest absolute Gasteiger partial charge is 0.350 e. The first-order valence-electron chi connectivity index (χ1n) is 6.20. The molecule has 11 heteroatoms. The highest BCUT2D eigenvalue weighted by Crippen LogP contribution is 2.08. The van der Waals surface area contributed by atoms with Crippen molar-refractivity contribution < 1.29 is 30.7 Å². The van der Waals surface area contributed by atoms with Crippen molar-refractivity contribution in [1.82, 2.24) is 4.83 Å².